The second kappa shape index (κ2) is 7.28. The summed E-state index contributed by atoms with van der Waals surface area (Å²) in [4.78, 5) is 30.2. The number of rotatable bonds is 4. The Kier molecular flexibility index (Phi) is 5.27. The normalized spacial score (nSPS) is 35.3. The van der Waals surface area contributed by atoms with Gasteiger partial charge in [-0.05, 0) is 43.9 Å². The molecule has 7 nitrogen and oxygen atoms in total. The fraction of sp³-hybridized carbons (Fsp3) is 0.913. The Morgan fingerprint density at radius 3 is 2.40 bits per heavy atom. The van der Waals surface area contributed by atoms with Gasteiger partial charge in [-0.15, -0.1) is 0 Å². The van der Waals surface area contributed by atoms with Crippen molar-refractivity contribution in [3.05, 3.63) is 0 Å². The predicted octanol–water partition coefficient (Wildman–Crippen LogP) is 3.88. The highest BCUT2D eigenvalue weighted by Crippen LogP contribution is 2.57. The number of hydrogen-bond acceptors (Lipinski definition) is 4. The molecule has 0 radical (unpaired) electrons. The van der Waals surface area contributed by atoms with Crippen LogP contribution < -0.4 is 0 Å². The van der Waals surface area contributed by atoms with E-state index in [1.165, 1.54) is 0 Å². The molecule has 1 N–H and O–H groups in total. The van der Waals surface area contributed by atoms with Gasteiger partial charge in [-0.3, -0.25) is 9.80 Å². The molecule has 7 heteroatoms. The molecular formula is C23H39N3O4. The summed E-state index contributed by atoms with van der Waals surface area (Å²) in [5, 5.41) is 9.37. The first kappa shape index (κ1) is 21.7. The number of carboxylic acid groups (broad SMARTS) is 1. The first-order valence-electron chi connectivity index (χ1n) is 11.8. The van der Waals surface area contributed by atoms with Crippen molar-refractivity contribution in [2.75, 3.05) is 32.7 Å². The lowest BCUT2D eigenvalue weighted by Crippen LogP contribution is -2.65. The molecule has 3 saturated heterocycles. The highest BCUT2D eigenvalue weighted by molar-refractivity contribution is 5.72. The van der Waals surface area contributed by atoms with Crippen molar-refractivity contribution in [2.24, 2.45) is 17.3 Å². The number of likely N-dealkylation sites (tertiary alicyclic amines) is 2. The third-order valence-electron chi connectivity index (χ3n) is 8.88. The summed E-state index contributed by atoms with van der Waals surface area (Å²) in [6.45, 7) is 14.9. The molecule has 4 fully saturated rings. The SMILES string of the molecule is CCC1C(N2CCC3(CC2)OC(=O)N(CC(C)C)C3(C)C)CC12CCN(C(=O)O)C2. The highest BCUT2D eigenvalue weighted by atomic mass is 16.6. The van der Waals surface area contributed by atoms with E-state index in [0.29, 0.717) is 31.0 Å². The zero-order valence-corrected chi connectivity index (χ0v) is 19.3. The lowest BCUT2D eigenvalue weighted by atomic mass is 9.54. The van der Waals surface area contributed by atoms with Crippen LogP contribution in [0.5, 0.6) is 0 Å². The fourth-order valence-electron chi connectivity index (χ4n) is 6.99. The summed E-state index contributed by atoms with van der Waals surface area (Å²) in [6, 6.07) is 0.535. The fourth-order valence-corrected chi connectivity index (χ4v) is 6.99. The van der Waals surface area contributed by atoms with Crippen LogP contribution in [0.4, 0.5) is 9.59 Å². The quantitative estimate of drug-likeness (QED) is 0.746. The van der Waals surface area contributed by atoms with Gasteiger partial charge in [0, 0.05) is 51.6 Å². The van der Waals surface area contributed by atoms with Crippen LogP contribution in [-0.4, -0.2) is 81.9 Å². The lowest BCUT2D eigenvalue weighted by molar-refractivity contribution is -0.112. The third-order valence-corrected chi connectivity index (χ3v) is 8.88. The van der Waals surface area contributed by atoms with Gasteiger partial charge in [0.15, 0.2) is 0 Å². The molecule has 0 aromatic rings. The van der Waals surface area contributed by atoms with Gasteiger partial charge in [-0.2, -0.15) is 0 Å². The molecule has 2 amide bonds. The Morgan fingerprint density at radius 2 is 1.87 bits per heavy atom. The number of amides is 2. The molecule has 2 spiro atoms. The zero-order valence-electron chi connectivity index (χ0n) is 19.3. The minimum Gasteiger partial charge on any atom is -0.465 e. The van der Waals surface area contributed by atoms with Crippen LogP contribution in [0.3, 0.4) is 0 Å². The van der Waals surface area contributed by atoms with Crippen molar-refractivity contribution >= 4 is 12.2 Å². The Hall–Kier alpha value is -1.50. The Balaban J connectivity index is 1.41. The lowest BCUT2D eigenvalue weighted by Gasteiger charge is -2.59. The van der Waals surface area contributed by atoms with E-state index in [2.05, 4.69) is 39.5 Å². The van der Waals surface area contributed by atoms with E-state index in [0.717, 1.165) is 51.7 Å². The van der Waals surface area contributed by atoms with Crippen LogP contribution in [0.1, 0.15) is 66.7 Å². The third kappa shape index (κ3) is 3.10. The first-order valence-corrected chi connectivity index (χ1v) is 11.8. The summed E-state index contributed by atoms with van der Waals surface area (Å²) in [6.07, 6.45) is 4.02. The van der Waals surface area contributed by atoms with Crippen LogP contribution in [0, 0.1) is 17.3 Å². The number of nitrogens with zero attached hydrogens (tertiary/aromatic N) is 3. The van der Waals surface area contributed by atoms with Crippen LogP contribution in [-0.2, 0) is 4.74 Å². The van der Waals surface area contributed by atoms with E-state index < -0.39 is 11.7 Å². The van der Waals surface area contributed by atoms with Crippen molar-refractivity contribution in [3.8, 4) is 0 Å². The second-order valence-corrected chi connectivity index (χ2v) is 11.1. The van der Waals surface area contributed by atoms with Gasteiger partial charge in [0.1, 0.15) is 5.60 Å². The molecule has 3 atom stereocenters. The predicted molar refractivity (Wildman–Crippen MR) is 114 cm³/mol. The van der Waals surface area contributed by atoms with Gasteiger partial charge in [-0.25, -0.2) is 9.59 Å². The molecule has 4 aliphatic rings. The maximum atomic E-state index is 12.7. The molecule has 30 heavy (non-hydrogen) atoms. The summed E-state index contributed by atoms with van der Waals surface area (Å²) in [5.41, 5.74) is -0.509. The van der Waals surface area contributed by atoms with Gasteiger partial charge in [0.2, 0.25) is 0 Å². The molecule has 1 saturated carbocycles. The standard InChI is InChI=1S/C23H39N3O4/c1-6-17-18(13-22(17)7-10-25(15-22)19(27)28)24-11-8-23(9-12-24)21(4,5)26(14-16(2)3)20(29)30-23/h16-18H,6-15H2,1-5H3,(H,27,28). The minimum atomic E-state index is -0.777. The van der Waals surface area contributed by atoms with E-state index in [1.807, 2.05) is 4.90 Å². The average molecular weight is 422 g/mol. The Bertz CT molecular complexity index is 701. The van der Waals surface area contributed by atoms with Gasteiger partial charge in [0.05, 0.1) is 5.54 Å². The van der Waals surface area contributed by atoms with Gasteiger partial charge in [-0.1, -0.05) is 27.2 Å². The van der Waals surface area contributed by atoms with Gasteiger partial charge >= 0.3 is 12.2 Å². The van der Waals surface area contributed by atoms with Gasteiger partial charge in [0.25, 0.3) is 0 Å². The topological polar surface area (TPSA) is 73.3 Å². The van der Waals surface area contributed by atoms with Crippen molar-refractivity contribution in [1.82, 2.24) is 14.7 Å². The molecule has 170 valence electrons. The second-order valence-electron chi connectivity index (χ2n) is 11.1. The number of carbonyl (C=O) groups is 2. The van der Waals surface area contributed by atoms with Crippen LogP contribution in [0.15, 0.2) is 0 Å². The summed E-state index contributed by atoms with van der Waals surface area (Å²) < 4.78 is 6.07. The number of ether oxygens (including phenoxy) is 1. The highest BCUT2D eigenvalue weighted by Gasteiger charge is 2.63. The summed E-state index contributed by atoms with van der Waals surface area (Å²) in [5.74, 6) is 0.979. The van der Waals surface area contributed by atoms with E-state index >= 15 is 0 Å². The van der Waals surface area contributed by atoms with Crippen molar-refractivity contribution in [1.29, 1.82) is 0 Å². The molecule has 0 bridgehead atoms. The molecule has 0 aromatic carbocycles. The molecule has 4 rings (SSSR count). The Labute approximate surface area is 180 Å². The van der Waals surface area contributed by atoms with Crippen molar-refractivity contribution in [3.63, 3.8) is 0 Å². The first-order chi connectivity index (χ1) is 14.1. The number of hydrogen-bond donors (Lipinski definition) is 1. The maximum absolute atomic E-state index is 12.7. The average Bonchev–Trinajstić information content (AvgIpc) is 3.18. The largest absolute Gasteiger partial charge is 0.465 e. The molecule has 3 aliphatic heterocycles. The summed E-state index contributed by atoms with van der Waals surface area (Å²) >= 11 is 0. The van der Waals surface area contributed by atoms with E-state index in [4.69, 9.17) is 4.74 Å². The van der Waals surface area contributed by atoms with Crippen LogP contribution >= 0.6 is 0 Å². The molecule has 3 heterocycles. The van der Waals surface area contributed by atoms with Gasteiger partial charge < -0.3 is 14.7 Å². The van der Waals surface area contributed by atoms with E-state index in [9.17, 15) is 14.7 Å². The Morgan fingerprint density at radius 1 is 1.20 bits per heavy atom. The van der Waals surface area contributed by atoms with Crippen molar-refractivity contribution < 1.29 is 19.4 Å². The summed E-state index contributed by atoms with van der Waals surface area (Å²) in [7, 11) is 0. The molecule has 3 unspecified atom stereocenters. The monoisotopic (exact) mass is 421 g/mol. The van der Waals surface area contributed by atoms with Crippen molar-refractivity contribution in [2.45, 2.75) is 83.9 Å². The van der Waals surface area contributed by atoms with E-state index in [-0.39, 0.29) is 17.0 Å². The number of piperidine rings is 1. The molecular weight excluding hydrogens is 382 g/mol. The number of carbonyl (C=O) groups excluding carboxylic acids is 1. The molecule has 0 aromatic heterocycles. The maximum Gasteiger partial charge on any atom is 0.411 e. The molecule has 1 aliphatic carbocycles. The van der Waals surface area contributed by atoms with Crippen LogP contribution in [0.25, 0.3) is 0 Å². The van der Waals surface area contributed by atoms with E-state index in [1.54, 1.807) is 4.90 Å². The van der Waals surface area contributed by atoms with Crippen LogP contribution in [0.2, 0.25) is 0 Å². The smallest absolute Gasteiger partial charge is 0.411 e. The zero-order chi connectivity index (χ0) is 21.9. The minimum absolute atomic E-state index is 0.157.